The quantitative estimate of drug-likeness (QED) is 0.537. The van der Waals surface area contributed by atoms with Gasteiger partial charge in [0.25, 0.3) is 0 Å². The fourth-order valence-electron chi connectivity index (χ4n) is 1.88. The van der Waals surface area contributed by atoms with Crippen LogP contribution in [-0.4, -0.2) is 16.0 Å². The molecule has 1 aromatic heterocycles. The van der Waals surface area contributed by atoms with Gasteiger partial charge >= 0.3 is 6.03 Å². The van der Waals surface area contributed by atoms with Crippen molar-refractivity contribution in [2.24, 2.45) is 0 Å². The lowest BCUT2D eigenvalue weighted by atomic mass is 10.3. The number of fused-ring (bicyclic) bond motifs is 1. The number of carbonyl (C=O) groups excluding carboxylic acids is 1. The molecule has 0 aliphatic rings. The van der Waals surface area contributed by atoms with Crippen LogP contribution >= 0.6 is 0 Å². The molecule has 6 heteroatoms. The topological polar surface area (TPSA) is 95.8 Å². The van der Waals surface area contributed by atoms with Crippen molar-refractivity contribution in [2.45, 2.75) is 0 Å². The van der Waals surface area contributed by atoms with Crippen molar-refractivity contribution < 1.29 is 4.79 Å². The number of hydrogen-bond donors (Lipinski definition) is 4. The van der Waals surface area contributed by atoms with E-state index in [0.29, 0.717) is 17.3 Å². The van der Waals surface area contributed by atoms with Gasteiger partial charge in [0.1, 0.15) is 0 Å². The molecule has 6 nitrogen and oxygen atoms in total. The molecule has 0 saturated carbocycles. The number of imidazole rings is 1. The fourth-order valence-corrected chi connectivity index (χ4v) is 1.88. The summed E-state index contributed by atoms with van der Waals surface area (Å²) in [5, 5.41) is 5.30. The minimum Gasteiger partial charge on any atom is -0.397 e. The van der Waals surface area contributed by atoms with Crippen LogP contribution in [0.25, 0.3) is 11.0 Å². The lowest BCUT2D eigenvalue weighted by Crippen LogP contribution is -2.20. The molecule has 3 aromatic rings. The Hall–Kier alpha value is -3.02. The van der Waals surface area contributed by atoms with Gasteiger partial charge in [-0.15, -0.1) is 0 Å². The zero-order valence-corrected chi connectivity index (χ0v) is 10.6. The molecular formula is C14H13N5O. The van der Waals surface area contributed by atoms with E-state index in [0.717, 1.165) is 11.0 Å². The van der Waals surface area contributed by atoms with Crippen LogP contribution < -0.4 is 16.4 Å². The molecule has 2 amide bonds. The fraction of sp³-hybridized carbons (Fsp3) is 0. The number of hydrogen-bond acceptors (Lipinski definition) is 3. The molecule has 0 atom stereocenters. The van der Waals surface area contributed by atoms with E-state index in [2.05, 4.69) is 20.6 Å². The van der Waals surface area contributed by atoms with Crippen LogP contribution in [0.4, 0.5) is 22.1 Å². The van der Waals surface area contributed by atoms with E-state index in [-0.39, 0.29) is 0 Å². The summed E-state index contributed by atoms with van der Waals surface area (Å²) >= 11 is 0. The van der Waals surface area contributed by atoms with Crippen molar-refractivity contribution in [3.05, 3.63) is 48.5 Å². The zero-order chi connectivity index (χ0) is 13.9. The number of carbonyl (C=O) groups is 1. The van der Waals surface area contributed by atoms with Crippen molar-refractivity contribution in [1.82, 2.24) is 9.97 Å². The number of nitrogens with zero attached hydrogens (tertiary/aromatic N) is 1. The number of benzene rings is 2. The number of aromatic amines is 1. The van der Waals surface area contributed by atoms with Gasteiger partial charge in [-0.2, -0.15) is 0 Å². The minimum atomic E-state index is -0.401. The predicted molar refractivity (Wildman–Crippen MR) is 79.6 cm³/mol. The van der Waals surface area contributed by atoms with Crippen molar-refractivity contribution in [2.75, 3.05) is 16.4 Å². The first-order valence-corrected chi connectivity index (χ1v) is 6.09. The highest BCUT2D eigenvalue weighted by molar-refractivity contribution is 6.01. The molecule has 3 rings (SSSR count). The highest BCUT2D eigenvalue weighted by atomic mass is 16.2. The number of para-hydroxylation sites is 4. The first kappa shape index (κ1) is 12.0. The molecule has 100 valence electrons. The lowest BCUT2D eigenvalue weighted by Gasteiger charge is -2.07. The summed E-state index contributed by atoms with van der Waals surface area (Å²) in [4.78, 5) is 19.1. The summed E-state index contributed by atoms with van der Waals surface area (Å²) in [5.41, 5.74) is 8.48. The number of H-pyrrole nitrogens is 1. The van der Waals surface area contributed by atoms with Crippen LogP contribution in [0.2, 0.25) is 0 Å². The van der Waals surface area contributed by atoms with Gasteiger partial charge in [0.2, 0.25) is 5.95 Å². The molecule has 5 N–H and O–H groups in total. The molecule has 0 bridgehead atoms. The third-order valence-electron chi connectivity index (χ3n) is 2.83. The van der Waals surface area contributed by atoms with Crippen molar-refractivity contribution in [3.63, 3.8) is 0 Å². The Bertz CT molecular complexity index is 732. The normalized spacial score (nSPS) is 10.4. The van der Waals surface area contributed by atoms with E-state index in [1.807, 2.05) is 24.3 Å². The molecule has 0 fully saturated rings. The Morgan fingerprint density at radius 1 is 1.05 bits per heavy atom. The zero-order valence-electron chi connectivity index (χ0n) is 10.6. The predicted octanol–water partition coefficient (Wildman–Crippen LogP) is 2.79. The molecule has 0 aliphatic heterocycles. The van der Waals surface area contributed by atoms with Crippen LogP contribution in [-0.2, 0) is 0 Å². The summed E-state index contributed by atoms with van der Waals surface area (Å²) in [6.45, 7) is 0. The van der Waals surface area contributed by atoms with Crippen LogP contribution in [0.1, 0.15) is 0 Å². The largest absolute Gasteiger partial charge is 0.397 e. The van der Waals surface area contributed by atoms with Crippen LogP contribution in [0.5, 0.6) is 0 Å². The first-order valence-electron chi connectivity index (χ1n) is 6.09. The second-order valence-corrected chi connectivity index (χ2v) is 4.27. The number of nitrogen functional groups attached to an aromatic ring is 1. The SMILES string of the molecule is Nc1ccccc1NC(=O)Nc1nc2ccccc2[nH]1. The minimum absolute atomic E-state index is 0.387. The Balaban J connectivity index is 1.74. The smallest absolute Gasteiger partial charge is 0.326 e. The molecule has 0 radical (unpaired) electrons. The number of aromatic nitrogens is 2. The van der Waals surface area contributed by atoms with E-state index in [1.54, 1.807) is 24.3 Å². The maximum absolute atomic E-state index is 11.9. The van der Waals surface area contributed by atoms with Crippen molar-refractivity contribution in [3.8, 4) is 0 Å². The summed E-state index contributed by atoms with van der Waals surface area (Å²) < 4.78 is 0. The van der Waals surface area contributed by atoms with Gasteiger partial charge in [-0.05, 0) is 24.3 Å². The maximum atomic E-state index is 11.9. The van der Waals surface area contributed by atoms with E-state index in [4.69, 9.17) is 5.73 Å². The van der Waals surface area contributed by atoms with Crippen LogP contribution in [0.3, 0.4) is 0 Å². The molecular weight excluding hydrogens is 254 g/mol. The van der Waals surface area contributed by atoms with Gasteiger partial charge in [0, 0.05) is 0 Å². The number of nitrogens with two attached hydrogens (primary N) is 1. The van der Waals surface area contributed by atoms with Gasteiger partial charge in [-0.1, -0.05) is 24.3 Å². The average molecular weight is 267 g/mol. The second-order valence-electron chi connectivity index (χ2n) is 4.27. The lowest BCUT2D eigenvalue weighted by molar-refractivity contribution is 0.262. The van der Waals surface area contributed by atoms with Gasteiger partial charge < -0.3 is 16.0 Å². The number of anilines is 3. The number of amides is 2. The van der Waals surface area contributed by atoms with Gasteiger partial charge in [0.05, 0.1) is 22.4 Å². The molecule has 0 spiro atoms. The first-order chi connectivity index (χ1) is 9.72. The molecule has 1 heterocycles. The third-order valence-corrected chi connectivity index (χ3v) is 2.83. The van der Waals surface area contributed by atoms with Gasteiger partial charge in [0.15, 0.2) is 0 Å². The highest BCUT2D eigenvalue weighted by Crippen LogP contribution is 2.17. The Morgan fingerprint density at radius 3 is 2.60 bits per heavy atom. The van der Waals surface area contributed by atoms with E-state index < -0.39 is 6.03 Å². The molecule has 20 heavy (non-hydrogen) atoms. The van der Waals surface area contributed by atoms with Gasteiger partial charge in [-0.25, -0.2) is 9.78 Å². The Kier molecular flexibility index (Phi) is 2.96. The monoisotopic (exact) mass is 267 g/mol. The summed E-state index contributed by atoms with van der Waals surface area (Å²) in [6, 6.07) is 14.2. The third kappa shape index (κ3) is 2.39. The molecule has 2 aromatic carbocycles. The molecule has 0 unspecified atom stereocenters. The highest BCUT2D eigenvalue weighted by Gasteiger charge is 2.07. The summed E-state index contributed by atoms with van der Waals surface area (Å²) in [6.07, 6.45) is 0. The Labute approximate surface area is 115 Å². The van der Waals surface area contributed by atoms with Gasteiger partial charge in [-0.3, -0.25) is 5.32 Å². The van der Waals surface area contributed by atoms with E-state index >= 15 is 0 Å². The van der Waals surface area contributed by atoms with Crippen LogP contribution in [0, 0.1) is 0 Å². The number of rotatable bonds is 2. The maximum Gasteiger partial charge on any atom is 0.326 e. The van der Waals surface area contributed by atoms with Crippen molar-refractivity contribution in [1.29, 1.82) is 0 Å². The second kappa shape index (κ2) is 4.93. The van der Waals surface area contributed by atoms with Crippen LogP contribution in [0.15, 0.2) is 48.5 Å². The summed E-state index contributed by atoms with van der Waals surface area (Å²) in [7, 11) is 0. The summed E-state index contributed by atoms with van der Waals surface area (Å²) in [5.74, 6) is 0.387. The van der Waals surface area contributed by atoms with E-state index in [1.165, 1.54) is 0 Å². The van der Waals surface area contributed by atoms with Crippen molar-refractivity contribution >= 4 is 34.4 Å². The Morgan fingerprint density at radius 2 is 1.80 bits per heavy atom. The molecule has 0 aliphatic carbocycles. The number of nitrogens with one attached hydrogen (secondary N) is 3. The van der Waals surface area contributed by atoms with E-state index in [9.17, 15) is 4.79 Å². The standard InChI is InChI=1S/C14H13N5O/c15-9-5-1-2-6-10(9)18-14(20)19-13-16-11-7-3-4-8-12(11)17-13/h1-8H,15H2,(H3,16,17,18,19,20). The number of urea groups is 1. The average Bonchev–Trinajstić information content (AvgIpc) is 2.83. The molecule has 0 saturated heterocycles.